The quantitative estimate of drug-likeness (QED) is 0.373. The highest BCUT2D eigenvalue weighted by Gasteiger charge is 2.13. The van der Waals surface area contributed by atoms with E-state index >= 15 is 0 Å². The first-order valence-electron chi connectivity index (χ1n) is 6.95. The fourth-order valence-corrected chi connectivity index (χ4v) is 3.73. The zero-order valence-electron chi connectivity index (χ0n) is 12.5. The molecule has 126 valence electrons. The van der Waals surface area contributed by atoms with Gasteiger partial charge in [0.25, 0.3) is 5.69 Å². The highest BCUT2D eigenvalue weighted by molar-refractivity contribution is 7.16. The Labute approximate surface area is 155 Å². The van der Waals surface area contributed by atoms with Gasteiger partial charge in [-0.1, -0.05) is 29.8 Å². The number of amides is 1. The number of thiazole rings is 1. The van der Waals surface area contributed by atoms with E-state index in [1.165, 1.54) is 40.2 Å². The molecule has 1 N–H and O–H groups in total. The lowest BCUT2D eigenvalue weighted by molar-refractivity contribution is -0.384. The minimum absolute atomic E-state index is 0.0289. The van der Waals surface area contributed by atoms with Crippen molar-refractivity contribution in [1.82, 2.24) is 4.98 Å². The zero-order valence-corrected chi connectivity index (χ0v) is 14.9. The Balaban J connectivity index is 1.67. The molecule has 0 bridgehead atoms. The van der Waals surface area contributed by atoms with E-state index in [0.717, 1.165) is 5.56 Å². The van der Waals surface area contributed by atoms with Crippen molar-refractivity contribution < 1.29 is 9.72 Å². The van der Waals surface area contributed by atoms with Crippen molar-refractivity contribution in [3.8, 4) is 10.6 Å². The molecule has 0 aliphatic heterocycles. The highest BCUT2D eigenvalue weighted by Crippen LogP contribution is 2.32. The number of halogens is 1. The van der Waals surface area contributed by atoms with Crippen LogP contribution in [0, 0.1) is 10.1 Å². The Bertz CT molecular complexity index is 965. The number of nitro groups is 1. The van der Waals surface area contributed by atoms with Crippen LogP contribution in [-0.4, -0.2) is 15.8 Å². The molecule has 0 atom stereocenters. The summed E-state index contributed by atoms with van der Waals surface area (Å²) in [5.74, 6) is -0.335. The number of carbonyl (C=O) groups excluding carboxylic acids is 1. The van der Waals surface area contributed by atoms with Crippen molar-refractivity contribution >= 4 is 57.1 Å². The Morgan fingerprint density at radius 3 is 2.80 bits per heavy atom. The molecule has 25 heavy (non-hydrogen) atoms. The number of anilines is 1. The topological polar surface area (TPSA) is 85.1 Å². The third-order valence-electron chi connectivity index (χ3n) is 3.10. The van der Waals surface area contributed by atoms with Crippen molar-refractivity contribution in [3.63, 3.8) is 0 Å². The number of hydrogen-bond acceptors (Lipinski definition) is 6. The molecule has 0 aliphatic carbocycles. The minimum Gasteiger partial charge on any atom is -0.298 e. The molecule has 0 saturated heterocycles. The number of hydrogen-bond donors (Lipinski definition) is 1. The second-order valence-electron chi connectivity index (χ2n) is 4.81. The highest BCUT2D eigenvalue weighted by atomic mass is 35.5. The number of aromatic nitrogens is 1. The Morgan fingerprint density at radius 2 is 2.08 bits per heavy atom. The van der Waals surface area contributed by atoms with Gasteiger partial charge < -0.3 is 0 Å². The fourth-order valence-electron chi connectivity index (χ4n) is 1.92. The summed E-state index contributed by atoms with van der Waals surface area (Å²) >= 11 is 8.51. The second-order valence-corrected chi connectivity index (χ2v) is 6.98. The van der Waals surface area contributed by atoms with E-state index in [0.29, 0.717) is 20.7 Å². The molecule has 2 heterocycles. The van der Waals surface area contributed by atoms with Gasteiger partial charge in [-0.15, -0.1) is 22.7 Å². The van der Waals surface area contributed by atoms with Crippen molar-refractivity contribution in [2.24, 2.45) is 0 Å². The number of thiophene rings is 1. The molecule has 6 nitrogen and oxygen atoms in total. The molecule has 0 unspecified atom stereocenters. The van der Waals surface area contributed by atoms with Gasteiger partial charge in [0.2, 0.25) is 5.91 Å². The van der Waals surface area contributed by atoms with Crippen LogP contribution in [0.15, 0.2) is 47.2 Å². The van der Waals surface area contributed by atoms with Crippen LogP contribution in [0.3, 0.4) is 0 Å². The normalized spacial score (nSPS) is 10.9. The predicted molar refractivity (Wildman–Crippen MR) is 101 cm³/mol. The zero-order chi connectivity index (χ0) is 17.8. The van der Waals surface area contributed by atoms with E-state index in [2.05, 4.69) is 10.3 Å². The summed E-state index contributed by atoms with van der Waals surface area (Å²) in [7, 11) is 0. The van der Waals surface area contributed by atoms with Crippen LogP contribution in [-0.2, 0) is 4.79 Å². The Morgan fingerprint density at radius 1 is 1.28 bits per heavy atom. The molecule has 3 aromatic rings. The summed E-state index contributed by atoms with van der Waals surface area (Å²) in [4.78, 5) is 27.2. The molecule has 3 rings (SSSR count). The summed E-state index contributed by atoms with van der Waals surface area (Å²) < 4.78 is 0. The van der Waals surface area contributed by atoms with Gasteiger partial charge in [0.15, 0.2) is 5.13 Å². The molecule has 1 aromatic carbocycles. The molecule has 0 fully saturated rings. The predicted octanol–water partition coefficient (Wildman–Crippen LogP) is 5.09. The van der Waals surface area contributed by atoms with Crippen LogP contribution in [0.5, 0.6) is 0 Å². The lowest BCUT2D eigenvalue weighted by Crippen LogP contribution is -2.07. The van der Waals surface area contributed by atoms with E-state index < -0.39 is 4.92 Å². The first kappa shape index (κ1) is 17.3. The monoisotopic (exact) mass is 391 g/mol. The number of nitrogens with zero attached hydrogens (tertiary/aromatic N) is 2. The first-order chi connectivity index (χ1) is 12.0. The van der Waals surface area contributed by atoms with E-state index in [1.54, 1.807) is 23.6 Å². The van der Waals surface area contributed by atoms with Gasteiger partial charge in [-0.2, -0.15) is 0 Å². The van der Waals surface area contributed by atoms with E-state index in [9.17, 15) is 14.9 Å². The molecule has 2 aromatic heterocycles. The van der Waals surface area contributed by atoms with Crippen LogP contribution in [0.25, 0.3) is 16.6 Å². The van der Waals surface area contributed by atoms with Crippen LogP contribution in [0.1, 0.15) is 5.56 Å². The molecule has 0 spiro atoms. The second kappa shape index (κ2) is 7.56. The minimum atomic E-state index is -0.450. The molecule has 0 saturated carbocycles. The van der Waals surface area contributed by atoms with Gasteiger partial charge in [0.1, 0.15) is 0 Å². The largest absolute Gasteiger partial charge is 0.298 e. The average molecular weight is 392 g/mol. The molecular weight excluding hydrogens is 382 g/mol. The average Bonchev–Trinajstić information content (AvgIpc) is 3.23. The van der Waals surface area contributed by atoms with Crippen molar-refractivity contribution in [2.75, 3.05) is 5.32 Å². The fraction of sp³-hybridized carbons (Fsp3) is 0. The SMILES string of the molecule is O=C(C=Cc1ccccc1Cl)Nc1nc(-c2cc([N+](=O)[O-])cs2)cs1. The van der Waals surface area contributed by atoms with Gasteiger partial charge in [-0.25, -0.2) is 4.98 Å². The van der Waals surface area contributed by atoms with Gasteiger partial charge in [-0.05, 0) is 17.7 Å². The first-order valence-corrected chi connectivity index (χ1v) is 9.09. The van der Waals surface area contributed by atoms with Crippen LogP contribution in [0.4, 0.5) is 10.8 Å². The lowest BCUT2D eigenvalue weighted by atomic mass is 10.2. The van der Waals surface area contributed by atoms with Crippen LogP contribution >= 0.6 is 34.3 Å². The van der Waals surface area contributed by atoms with E-state index in [1.807, 2.05) is 12.1 Å². The number of benzene rings is 1. The molecule has 9 heteroatoms. The van der Waals surface area contributed by atoms with Crippen LogP contribution in [0.2, 0.25) is 5.02 Å². The van der Waals surface area contributed by atoms with E-state index in [-0.39, 0.29) is 11.6 Å². The van der Waals surface area contributed by atoms with Crippen LogP contribution < -0.4 is 5.32 Å². The molecule has 1 amide bonds. The lowest BCUT2D eigenvalue weighted by Gasteiger charge is -1.98. The van der Waals surface area contributed by atoms with Crippen molar-refractivity contribution in [3.05, 3.63) is 67.9 Å². The third-order valence-corrected chi connectivity index (χ3v) is 5.14. The molecular formula is C16H10ClN3O3S2. The Kier molecular flexibility index (Phi) is 5.22. The summed E-state index contributed by atoms with van der Waals surface area (Å²) in [6.45, 7) is 0. The number of carbonyl (C=O) groups is 1. The van der Waals surface area contributed by atoms with Crippen molar-refractivity contribution in [2.45, 2.75) is 0 Å². The third kappa shape index (κ3) is 4.30. The summed E-state index contributed by atoms with van der Waals surface area (Å²) in [6, 6.07) is 8.65. The summed E-state index contributed by atoms with van der Waals surface area (Å²) in [6.07, 6.45) is 2.99. The molecule has 0 radical (unpaired) electrons. The standard InChI is InChI=1S/C16H10ClN3O3S2/c17-12-4-2-1-3-10(12)5-6-15(21)19-16-18-13(9-25-16)14-7-11(8-24-14)20(22)23/h1-9H,(H,18,19,21). The molecule has 0 aliphatic rings. The maximum atomic E-state index is 12.0. The Hall–Kier alpha value is -2.55. The maximum Gasteiger partial charge on any atom is 0.280 e. The van der Waals surface area contributed by atoms with Gasteiger partial charge in [0, 0.05) is 22.5 Å². The number of rotatable bonds is 5. The van der Waals surface area contributed by atoms with E-state index in [4.69, 9.17) is 11.6 Å². The maximum absolute atomic E-state index is 12.0. The summed E-state index contributed by atoms with van der Waals surface area (Å²) in [5.41, 5.74) is 1.36. The van der Waals surface area contributed by atoms with Gasteiger partial charge in [-0.3, -0.25) is 20.2 Å². The number of nitrogens with one attached hydrogen (secondary N) is 1. The van der Waals surface area contributed by atoms with Crippen molar-refractivity contribution in [1.29, 1.82) is 0 Å². The smallest absolute Gasteiger partial charge is 0.280 e. The van der Waals surface area contributed by atoms with Gasteiger partial charge in [0.05, 0.1) is 20.9 Å². The van der Waals surface area contributed by atoms with Gasteiger partial charge >= 0.3 is 0 Å². The summed E-state index contributed by atoms with van der Waals surface area (Å²) in [5, 5.41) is 17.6.